The number of nitrogens with two attached hydrogens (primary N) is 1. The van der Waals surface area contributed by atoms with Gasteiger partial charge in [0.15, 0.2) is 0 Å². The molecule has 1 atom stereocenters. The summed E-state index contributed by atoms with van der Waals surface area (Å²) in [5.41, 5.74) is 6.76. The Bertz CT molecular complexity index is 315. The van der Waals surface area contributed by atoms with Crippen LogP contribution in [0, 0.1) is 12.7 Å². The summed E-state index contributed by atoms with van der Waals surface area (Å²) in [6.07, 6.45) is 0.681. The van der Waals surface area contributed by atoms with Crippen molar-refractivity contribution < 1.29 is 4.39 Å². The Morgan fingerprint density at radius 1 is 1.50 bits per heavy atom. The van der Waals surface area contributed by atoms with Crippen LogP contribution in [-0.4, -0.2) is 0 Å². The highest BCUT2D eigenvalue weighted by Gasteiger charge is 2.15. The van der Waals surface area contributed by atoms with E-state index in [1.807, 2.05) is 6.92 Å². The van der Waals surface area contributed by atoms with E-state index in [1.165, 1.54) is 0 Å². The molecule has 1 nitrogen and oxygen atoms in total. The van der Waals surface area contributed by atoms with Crippen LogP contribution in [0.25, 0.3) is 0 Å². The fraction of sp³-hybridized carbons (Fsp3) is 0.400. The monoisotopic (exact) mass is 237 g/mol. The molecular weight excluding hydrogens is 224 g/mol. The number of rotatable bonds is 2. The van der Waals surface area contributed by atoms with Crippen molar-refractivity contribution in [1.82, 2.24) is 0 Å². The summed E-state index contributed by atoms with van der Waals surface area (Å²) in [5.74, 6) is -0.276. The lowest BCUT2D eigenvalue weighted by molar-refractivity contribution is 0.568. The van der Waals surface area contributed by atoms with E-state index >= 15 is 0 Å². The zero-order valence-corrected chi connectivity index (χ0v) is 9.75. The third-order valence-corrected chi connectivity index (χ3v) is 2.46. The average Bonchev–Trinajstić information content (AvgIpc) is 2.12. The van der Waals surface area contributed by atoms with Crippen LogP contribution < -0.4 is 5.73 Å². The van der Waals surface area contributed by atoms with E-state index in [2.05, 4.69) is 0 Å². The molecule has 0 saturated heterocycles. The van der Waals surface area contributed by atoms with Gasteiger partial charge in [-0.3, -0.25) is 0 Å². The topological polar surface area (TPSA) is 26.0 Å². The molecule has 0 heterocycles. The molecule has 14 heavy (non-hydrogen) atoms. The van der Waals surface area contributed by atoms with Crippen molar-refractivity contribution >= 4 is 24.0 Å². The van der Waals surface area contributed by atoms with Crippen LogP contribution in [0.5, 0.6) is 0 Å². The SMILES string of the molecule is CC[C@@H](N)c1c(Cl)ccc(C)c1F.Cl. The number of hydrogen-bond acceptors (Lipinski definition) is 1. The fourth-order valence-corrected chi connectivity index (χ4v) is 1.51. The fourth-order valence-electron chi connectivity index (χ4n) is 1.22. The van der Waals surface area contributed by atoms with Gasteiger partial charge in [0.05, 0.1) is 0 Å². The smallest absolute Gasteiger partial charge is 0.132 e. The standard InChI is InChI=1S/C10H13ClFN.ClH/c1-3-8(13)9-7(11)5-4-6(2)10(9)12;/h4-5,8H,3,13H2,1-2H3;1H/t8-;/m1./s1. The maximum Gasteiger partial charge on any atom is 0.132 e. The molecule has 0 radical (unpaired) electrons. The van der Waals surface area contributed by atoms with Gasteiger partial charge >= 0.3 is 0 Å². The Morgan fingerprint density at radius 3 is 2.57 bits per heavy atom. The molecule has 0 aliphatic rings. The van der Waals surface area contributed by atoms with E-state index in [0.717, 1.165) is 0 Å². The Balaban J connectivity index is 0.00000169. The van der Waals surface area contributed by atoms with Crippen LogP contribution in [-0.2, 0) is 0 Å². The van der Waals surface area contributed by atoms with Crippen LogP contribution >= 0.6 is 24.0 Å². The van der Waals surface area contributed by atoms with Gasteiger partial charge in [-0.05, 0) is 25.0 Å². The van der Waals surface area contributed by atoms with Crippen molar-refractivity contribution in [3.63, 3.8) is 0 Å². The molecule has 80 valence electrons. The van der Waals surface area contributed by atoms with Crippen molar-refractivity contribution in [2.24, 2.45) is 5.73 Å². The third kappa shape index (κ3) is 2.59. The summed E-state index contributed by atoms with van der Waals surface area (Å²) in [6.45, 7) is 3.61. The van der Waals surface area contributed by atoms with Gasteiger partial charge < -0.3 is 5.73 Å². The molecule has 0 aliphatic carbocycles. The zero-order valence-electron chi connectivity index (χ0n) is 8.18. The van der Waals surface area contributed by atoms with E-state index < -0.39 is 0 Å². The molecule has 0 amide bonds. The first-order valence-corrected chi connectivity index (χ1v) is 4.65. The minimum absolute atomic E-state index is 0. The number of benzene rings is 1. The second kappa shape index (κ2) is 5.54. The maximum atomic E-state index is 13.5. The van der Waals surface area contributed by atoms with E-state index in [4.69, 9.17) is 17.3 Å². The Labute approximate surface area is 94.9 Å². The normalized spacial score (nSPS) is 12.1. The lowest BCUT2D eigenvalue weighted by Gasteiger charge is -2.13. The molecular formula is C10H14Cl2FN. The molecule has 1 aromatic rings. The highest BCUT2D eigenvalue weighted by Crippen LogP contribution is 2.27. The first-order chi connectivity index (χ1) is 6.07. The van der Waals surface area contributed by atoms with Crippen molar-refractivity contribution in [2.45, 2.75) is 26.3 Å². The Hall–Kier alpha value is -0.310. The first kappa shape index (κ1) is 13.7. The van der Waals surface area contributed by atoms with Crippen LogP contribution in [0.15, 0.2) is 12.1 Å². The molecule has 2 N–H and O–H groups in total. The lowest BCUT2D eigenvalue weighted by Crippen LogP contribution is -2.12. The Morgan fingerprint density at radius 2 is 2.07 bits per heavy atom. The molecule has 0 aliphatic heterocycles. The van der Waals surface area contributed by atoms with E-state index in [1.54, 1.807) is 19.1 Å². The summed E-state index contributed by atoms with van der Waals surface area (Å²) in [7, 11) is 0. The predicted molar refractivity (Wildman–Crippen MR) is 60.6 cm³/mol. The van der Waals surface area contributed by atoms with Crippen LogP contribution in [0.2, 0.25) is 5.02 Å². The highest BCUT2D eigenvalue weighted by atomic mass is 35.5. The highest BCUT2D eigenvalue weighted by molar-refractivity contribution is 6.31. The number of aryl methyl sites for hydroxylation is 1. The average molecular weight is 238 g/mol. The van der Waals surface area contributed by atoms with Crippen molar-refractivity contribution in [2.75, 3.05) is 0 Å². The molecule has 4 heteroatoms. The van der Waals surface area contributed by atoms with Gasteiger partial charge in [-0.25, -0.2) is 4.39 Å². The summed E-state index contributed by atoms with van der Waals surface area (Å²) >= 11 is 5.86. The lowest BCUT2D eigenvalue weighted by atomic mass is 10.0. The number of halogens is 3. The van der Waals surface area contributed by atoms with Crippen molar-refractivity contribution in [3.05, 3.63) is 34.1 Å². The molecule has 1 rings (SSSR count). The van der Waals surface area contributed by atoms with Crippen LogP contribution in [0.1, 0.15) is 30.5 Å². The minimum atomic E-state index is -0.313. The number of hydrogen-bond donors (Lipinski definition) is 1. The Kier molecular flexibility index (Phi) is 5.42. The molecule has 0 unspecified atom stereocenters. The molecule has 0 spiro atoms. The van der Waals surface area contributed by atoms with Gasteiger partial charge in [-0.1, -0.05) is 24.6 Å². The van der Waals surface area contributed by atoms with E-state index in [-0.39, 0.29) is 24.3 Å². The van der Waals surface area contributed by atoms with Gasteiger partial charge in [0.25, 0.3) is 0 Å². The molecule has 0 fully saturated rings. The second-order valence-electron chi connectivity index (χ2n) is 3.11. The summed E-state index contributed by atoms with van der Waals surface area (Å²) < 4.78 is 13.5. The molecule has 1 aromatic carbocycles. The summed E-state index contributed by atoms with van der Waals surface area (Å²) in [6, 6.07) is 3.03. The first-order valence-electron chi connectivity index (χ1n) is 4.28. The van der Waals surface area contributed by atoms with Crippen LogP contribution in [0.4, 0.5) is 4.39 Å². The van der Waals surface area contributed by atoms with Gasteiger partial charge in [-0.2, -0.15) is 0 Å². The van der Waals surface area contributed by atoms with Crippen molar-refractivity contribution in [1.29, 1.82) is 0 Å². The van der Waals surface area contributed by atoms with E-state index in [9.17, 15) is 4.39 Å². The molecule has 0 bridgehead atoms. The summed E-state index contributed by atoms with van der Waals surface area (Å²) in [5, 5.41) is 0.414. The van der Waals surface area contributed by atoms with Gasteiger partial charge in [-0.15, -0.1) is 12.4 Å². The molecule has 0 saturated carbocycles. The van der Waals surface area contributed by atoms with Gasteiger partial charge in [0, 0.05) is 16.6 Å². The largest absolute Gasteiger partial charge is 0.324 e. The second-order valence-corrected chi connectivity index (χ2v) is 3.51. The predicted octanol–water partition coefficient (Wildman–Crippen LogP) is 3.62. The minimum Gasteiger partial charge on any atom is -0.324 e. The maximum absolute atomic E-state index is 13.5. The van der Waals surface area contributed by atoms with Crippen LogP contribution in [0.3, 0.4) is 0 Å². The van der Waals surface area contributed by atoms with Crippen molar-refractivity contribution in [3.8, 4) is 0 Å². The van der Waals surface area contributed by atoms with Gasteiger partial charge in [0.1, 0.15) is 5.82 Å². The molecule has 0 aromatic heterocycles. The third-order valence-electron chi connectivity index (χ3n) is 2.13. The van der Waals surface area contributed by atoms with Gasteiger partial charge in [0.2, 0.25) is 0 Å². The van der Waals surface area contributed by atoms with E-state index in [0.29, 0.717) is 22.6 Å². The zero-order chi connectivity index (χ0) is 10.0. The summed E-state index contributed by atoms with van der Waals surface area (Å²) in [4.78, 5) is 0. The quantitative estimate of drug-likeness (QED) is 0.836.